The van der Waals surface area contributed by atoms with E-state index in [0.29, 0.717) is 5.82 Å². The molecule has 18 heavy (non-hydrogen) atoms. The van der Waals surface area contributed by atoms with Gasteiger partial charge in [0.15, 0.2) is 0 Å². The molecule has 2 rings (SSSR count). The molecule has 1 heterocycles. The molecular formula is C13H10FIN2O. The van der Waals surface area contributed by atoms with Crippen molar-refractivity contribution in [2.24, 2.45) is 0 Å². The zero-order chi connectivity index (χ0) is 13.0. The van der Waals surface area contributed by atoms with Gasteiger partial charge in [-0.1, -0.05) is 12.1 Å². The van der Waals surface area contributed by atoms with Gasteiger partial charge in [-0.3, -0.25) is 4.79 Å². The van der Waals surface area contributed by atoms with Crippen LogP contribution in [0.1, 0.15) is 5.56 Å². The van der Waals surface area contributed by atoms with Gasteiger partial charge in [-0.15, -0.1) is 0 Å². The van der Waals surface area contributed by atoms with Crippen LogP contribution >= 0.6 is 22.6 Å². The van der Waals surface area contributed by atoms with Gasteiger partial charge in [-0.2, -0.15) is 0 Å². The molecule has 0 radical (unpaired) electrons. The number of nitrogens with zero attached hydrogens (tertiary/aromatic N) is 1. The van der Waals surface area contributed by atoms with Gasteiger partial charge < -0.3 is 5.32 Å². The summed E-state index contributed by atoms with van der Waals surface area (Å²) in [6.45, 7) is 0. The molecule has 0 unspecified atom stereocenters. The summed E-state index contributed by atoms with van der Waals surface area (Å²) in [5.74, 6) is 0.0382. The van der Waals surface area contributed by atoms with Crippen LogP contribution in [0.5, 0.6) is 0 Å². The SMILES string of the molecule is O=C(Cc1ccc(F)cc1)Nc1ccc(I)cn1. The largest absolute Gasteiger partial charge is 0.310 e. The molecule has 1 amide bonds. The number of hydrogen-bond acceptors (Lipinski definition) is 2. The summed E-state index contributed by atoms with van der Waals surface area (Å²) in [5.41, 5.74) is 0.763. The molecule has 0 fully saturated rings. The molecule has 0 saturated carbocycles. The number of rotatable bonds is 3. The van der Waals surface area contributed by atoms with Crippen molar-refractivity contribution in [3.8, 4) is 0 Å². The fraction of sp³-hybridized carbons (Fsp3) is 0.0769. The van der Waals surface area contributed by atoms with E-state index < -0.39 is 0 Å². The standard InChI is InChI=1S/C13H10FIN2O/c14-10-3-1-9(2-4-10)7-13(18)17-12-6-5-11(15)8-16-12/h1-6,8H,7H2,(H,16,17,18). The summed E-state index contributed by atoms with van der Waals surface area (Å²) in [6, 6.07) is 9.47. The molecule has 0 spiro atoms. The van der Waals surface area contributed by atoms with Crippen LogP contribution in [0.15, 0.2) is 42.6 Å². The first-order valence-corrected chi connectivity index (χ1v) is 6.37. The van der Waals surface area contributed by atoms with E-state index in [0.717, 1.165) is 9.13 Å². The first kappa shape index (κ1) is 12.9. The van der Waals surface area contributed by atoms with E-state index in [4.69, 9.17) is 0 Å². The molecular weight excluding hydrogens is 346 g/mol. The van der Waals surface area contributed by atoms with Gasteiger partial charge in [0, 0.05) is 9.77 Å². The molecule has 5 heteroatoms. The van der Waals surface area contributed by atoms with E-state index in [1.165, 1.54) is 12.1 Å². The van der Waals surface area contributed by atoms with E-state index in [-0.39, 0.29) is 18.1 Å². The minimum absolute atomic E-state index is 0.171. The summed E-state index contributed by atoms with van der Waals surface area (Å²) >= 11 is 2.14. The third kappa shape index (κ3) is 3.76. The molecule has 3 nitrogen and oxygen atoms in total. The fourth-order valence-electron chi connectivity index (χ4n) is 1.42. The molecule has 2 aromatic rings. The van der Waals surface area contributed by atoms with Gasteiger partial charge in [0.1, 0.15) is 11.6 Å². The highest BCUT2D eigenvalue weighted by molar-refractivity contribution is 14.1. The number of nitrogens with one attached hydrogen (secondary N) is 1. The summed E-state index contributed by atoms with van der Waals surface area (Å²) in [5, 5.41) is 2.69. The number of anilines is 1. The predicted octanol–water partition coefficient (Wildman–Crippen LogP) is 3.01. The molecule has 1 N–H and O–H groups in total. The first-order valence-electron chi connectivity index (χ1n) is 5.29. The quantitative estimate of drug-likeness (QED) is 0.860. The van der Waals surface area contributed by atoms with Crippen LogP contribution in [0.25, 0.3) is 0 Å². The zero-order valence-electron chi connectivity index (χ0n) is 9.36. The topological polar surface area (TPSA) is 42.0 Å². The highest BCUT2D eigenvalue weighted by atomic mass is 127. The Kier molecular flexibility index (Phi) is 4.24. The fourth-order valence-corrected chi connectivity index (χ4v) is 1.74. The van der Waals surface area contributed by atoms with Crippen LogP contribution in [0, 0.1) is 9.39 Å². The molecule has 0 aliphatic heterocycles. The maximum absolute atomic E-state index is 12.7. The third-order valence-electron chi connectivity index (χ3n) is 2.27. The molecule has 0 aliphatic rings. The maximum atomic E-state index is 12.7. The molecule has 1 aromatic heterocycles. The Morgan fingerprint density at radius 2 is 1.94 bits per heavy atom. The van der Waals surface area contributed by atoms with E-state index in [2.05, 4.69) is 32.9 Å². The van der Waals surface area contributed by atoms with Crippen LogP contribution in [-0.2, 0) is 11.2 Å². The molecule has 0 bridgehead atoms. The number of aromatic nitrogens is 1. The number of halogens is 2. The molecule has 0 atom stereocenters. The lowest BCUT2D eigenvalue weighted by Gasteiger charge is -2.04. The van der Waals surface area contributed by atoms with Gasteiger partial charge in [0.2, 0.25) is 5.91 Å². The maximum Gasteiger partial charge on any atom is 0.229 e. The number of carbonyl (C=O) groups is 1. The number of pyridine rings is 1. The van der Waals surface area contributed by atoms with E-state index in [1.54, 1.807) is 24.4 Å². The van der Waals surface area contributed by atoms with Crippen LogP contribution < -0.4 is 5.32 Å². The summed E-state index contributed by atoms with van der Waals surface area (Å²) in [6.07, 6.45) is 1.88. The lowest BCUT2D eigenvalue weighted by molar-refractivity contribution is -0.115. The van der Waals surface area contributed by atoms with Gasteiger partial charge in [0.25, 0.3) is 0 Å². The highest BCUT2D eigenvalue weighted by Gasteiger charge is 2.04. The van der Waals surface area contributed by atoms with Crippen LogP contribution in [-0.4, -0.2) is 10.9 Å². The van der Waals surface area contributed by atoms with E-state index in [1.807, 2.05) is 6.07 Å². The van der Waals surface area contributed by atoms with Crippen molar-refractivity contribution in [2.75, 3.05) is 5.32 Å². The van der Waals surface area contributed by atoms with Crippen LogP contribution in [0.4, 0.5) is 10.2 Å². The zero-order valence-corrected chi connectivity index (χ0v) is 11.5. The average Bonchev–Trinajstić information content (AvgIpc) is 2.35. The summed E-state index contributed by atoms with van der Waals surface area (Å²) in [4.78, 5) is 15.8. The Labute approximate surface area is 118 Å². The lowest BCUT2D eigenvalue weighted by atomic mass is 10.1. The van der Waals surface area contributed by atoms with Gasteiger partial charge in [-0.25, -0.2) is 9.37 Å². The summed E-state index contributed by atoms with van der Waals surface area (Å²) < 4.78 is 13.7. The van der Waals surface area contributed by atoms with Crippen LogP contribution in [0.3, 0.4) is 0 Å². The Morgan fingerprint density at radius 3 is 2.56 bits per heavy atom. The Hall–Kier alpha value is -1.50. The first-order chi connectivity index (χ1) is 8.63. The second kappa shape index (κ2) is 5.90. The predicted molar refractivity (Wildman–Crippen MR) is 75.7 cm³/mol. The molecule has 0 aliphatic carbocycles. The van der Waals surface area contributed by atoms with Gasteiger partial charge >= 0.3 is 0 Å². The second-order valence-corrected chi connectivity index (χ2v) is 4.96. The number of amides is 1. The van der Waals surface area contributed by atoms with Crippen molar-refractivity contribution in [2.45, 2.75) is 6.42 Å². The Morgan fingerprint density at radius 1 is 1.22 bits per heavy atom. The number of hydrogen-bond donors (Lipinski definition) is 1. The molecule has 92 valence electrons. The van der Waals surface area contributed by atoms with Crippen molar-refractivity contribution in [3.63, 3.8) is 0 Å². The van der Waals surface area contributed by atoms with Crippen molar-refractivity contribution < 1.29 is 9.18 Å². The van der Waals surface area contributed by atoms with Crippen molar-refractivity contribution >= 4 is 34.3 Å². The molecule has 0 saturated heterocycles. The lowest BCUT2D eigenvalue weighted by Crippen LogP contribution is -2.15. The normalized spacial score (nSPS) is 10.1. The van der Waals surface area contributed by atoms with Crippen molar-refractivity contribution in [1.29, 1.82) is 0 Å². The minimum atomic E-state index is -0.307. The Balaban J connectivity index is 1.96. The monoisotopic (exact) mass is 356 g/mol. The molecule has 1 aromatic carbocycles. The van der Waals surface area contributed by atoms with Gasteiger partial charge in [-0.05, 0) is 52.4 Å². The summed E-state index contributed by atoms with van der Waals surface area (Å²) in [7, 11) is 0. The third-order valence-corrected chi connectivity index (χ3v) is 2.91. The number of benzene rings is 1. The van der Waals surface area contributed by atoms with Gasteiger partial charge in [0.05, 0.1) is 6.42 Å². The second-order valence-electron chi connectivity index (χ2n) is 3.71. The highest BCUT2D eigenvalue weighted by Crippen LogP contribution is 2.08. The smallest absolute Gasteiger partial charge is 0.229 e. The van der Waals surface area contributed by atoms with Crippen molar-refractivity contribution in [1.82, 2.24) is 4.98 Å². The average molecular weight is 356 g/mol. The van der Waals surface area contributed by atoms with Crippen molar-refractivity contribution in [3.05, 3.63) is 57.5 Å². The Bertz CT molecular complexity index is 490. The van der Waals surface area contributed by atoms with E-state index >= 15 is 0 Å². The van der Waals surface area contributed by atoms with Crippen LogP contribution in [0.2, 0.25) is 0 Å². The number of carbonyl (C=O) groups excluding carboxylic acids is 1. The minimum Gasteiger partial charge on any atom is -0.310 e. The van der Waals surface area contributed by atoms with E-state index in [9.17, 15) is 9.18 Å².